The summed E-state index contributed by atoms with van der Waals surface area (Å²) < 4.78 is 9.77. The van der Waals surface area contributed by atoms with Gasteiger partial charge in [0.15, 0.2) is 5.78 Å². The van der Waals surface area contributed by atoms with E-state index in [-0.39, 0.29) is 31.1 Å². The van der Waals surface area contributed by atoms with Crippen LogP contribution in [0.4, 0.5) is 5.69 Å². The van der Waals surface area contributed by atoms with E-state index in [1.165, 1.54) is 24.3 Å². The summed E-state index contributed by atoms with van der Waals surface area (Å²) >= 11 is 0. The summed E-state index contributed by atoms with van der Waals surface area (Å²) in [7, 11) is 0. The van der Waals surface area contributed by atoms with Gasteiger partial charge in [0.2, 0.25) is 0 Å². The third-order valence-electron chi connectivity index (χ3n) is 2.36. The number of Topliss-reactive ketones (excluding diaryl/α,β-unsaturated/α-hetero) is 1. The first-order valence-corrected chi connectivity index (χ1v) is 6.01. The Kier molecular flexibility index (Phi) is 6.31. The van der Waals surface area contributed by atoms with Gasteiger partial charge in [-0.05, 0) is 24.6 Å². The van der Waals surface area contributed by atoms with Crippen molar-refractivity contribution in [1.82, 2.24) is 0 Å². The molecule has 0 unspecified atom stereocenters. The highest BCUT2D eigenvalue weighted by atomic mass is 16.6. The van der Waals surface area contributed by atoms with E-state index in [9.17, 15) is 19.7 Å². The fourth-order valence-corrected chi connectivity index (χ4v) is 1.36. The number of esters is 1. The summed E-state index contributed by atoms with van der Waals surface area (Å²) in [6, 6.07) is 5.63. The van der Waals surface area contributed by atoms with Gasteiger partial charge in [-0.15, -0.1) is 0 Å². The first kappa shape index (κ1) is 15.8. The molecule has 0 radical (unpaired) electrons. The standard InChI is InChI=1S/C13H15NO6/c1-2-19-9-12(15)7-13(16)20-8-10-3-5-11(6-4-10)14(17)18/h3-6H,2,7-9H2,1H3. The normalized spacial score (nSPS) is 10.1. The van der Waals surface area contributed by atoms with Crippen LogP contribution in [0.3, 0.4) is 0 Å². The van der Waals surface area contributed by atoms with Crippen molar-refractivity contribution >= 4 is 17.4 Å². The second-order valence-electron chi connectivity index (χ2n) is 3.94. The lowest BCUT2D eigenvalue weighted by Crippen LogP contribution is -2.15. The molecule has 0 aromatic heterocycles. The zero-order valence-electron chi connectivity index (χ0n) is 11.0. The van der Waals surface area contributed by atoms with Gasteiger partial charge in [0.1, 0.15) is 19.6 Å². The molecule has 7 nitrogen and oxygen atoms in total. The van der Waals surface area contributed by atoms with Gasteiger partial charge in [-0.25, -0.2) is 0 Å². The fourth-order valence-electron chi connectivity index (χ4n) is 1.36. The minimum Gasteiger partial charge on any atom is -0.460 e. The molecule has 0 heterocycles. The zero-order valence-corrected chi connectivity index (χ0v) is 11.0. The Morgan fingerprint density at radius 2 is 1.90 bits per heavy atom. The maximum Gasteiger partial charge on any atom is 0.313 e. The predicted octanol–water partition coefficient (Wildman–Crippen LogP) is 1.63. The van der Waals surface area contributed by atoms with E-state index in [0.717, 1.165) is 0 Å². The van der Waals surface area contributed by atoms with Gasteiger partial charge in [-0.3, -0.25) is 19.7 Å². The lowest BCUT2D eigenvalue weighted by Gasteiger charge is -2.04. The molecule has 7 heteroatoms. The van der Waals surface area contributed by atoms with Crippen LogP contribution in [0.15, 0.2) is 24.3 Å². The number of nitro benzene ring substituents is 1. The third-order valence-corrected chi connectivity index (χ3v) is 2.36. The maximum absolute atomic E-state index is 11.4. The molecule has 1 rings (SSSR count). The highest BCUT2D eigenvalue weighted by Crippen LogP contribution is 2.12. The third kappa shape index (κ3) is 5.57. The van der Waals surface area contributed by atoms with Crippen molar-refractivity contribution in [2.24, 2.45) is 0 Å². The van der Waals surface area contributed by atoms with Gasteiger partial charge in [-0.1, -0.05) is 0 Å². The molecule has 0 saturated heterocycles. The molecule has 0 aliphatic rings. The van der Waals surface area contributed by atoms with E-state index in [1.54, 1.807) is 6.92 Å². The number of ether oxygens (including phenoxy) is 2. The van der Waals surface area contributed by atoms with Crippen LogP contribution in [0.25, 0.3) is 0 Å². The molecule has 0 spiro atoms. The quantitative estimate of drug-likeness (QED) is 0.311. The molecule has 108 valence electrons. The summed E-state index contributed by atoms with van der Waals surface area (Å²) in [5.74, 6) is -0.992. The van der Waals surface area contributed by atoms with Crippen LogP contribution in [-0.4, -0.2) is 29.9 Å². The van der Waals surface area contributed by atoms with Crippen LogP contribution in [0.5, 0.6) is 0 Å². The van der Waals surface area contributed by atoms with E-state index in [4.69, 9.17) is 9.47 Å². The molecule has 0 aliphatic heterocycles. The second-order valence-corrected chi connectivity index (χ2v) is 3.94. The van der Waals surface area contributed by atoms with Crippen molar-refractivity contribution in [2.75, 3.05) is 13.2 Å². The molecule has 0 saturated carbocycles. The number of non-ortho nitro benzene ring substituents is 1. The second kappa shape index (κ2) is 8.00. The van der Waals surface area contributed by atoms with Gasteiger partial charge in [0.25, 0.3) is 5.69 Å². The monoisotopic (exact) mass is 281 g/mol. The Morgan fingerprint density at radius 3 is 2.45 bits per heavy atom. The van der Waals surface area contributed by atoms with Crippen molar-refractivity contribution in [3.8, 4) is 0 Å². The number of hydrogen-bond acceptors (Lipinski definition) is 6. The molecule has 1 aromatic rings. The molecule has 0 amide bonds. The highest BCUT2D eigenvalue weighted by molar-refractivity contribution is 5.96. The molecule has 20 heavy (non-hydrogen) atoms. The largest absolute Gasteiger partial charge is 0.460 e. The Hall–Kier alpha value is -2.28. The van der Waals surface area contributed by atoms with Crippen LogP contribution < -0.4 is 0 Å². The lowest BCUT2D eigenvalue weighted by atomic mass is 10.2. The molecular formula is C13H15NO6. The van der Waals surface area contributed by atoms with E-state index < -0.39 is 10.9 Å². The fraction of sp³-hybridized carbons (Fsp3) is 0.385. The van der Waals surface area contributed by atoms with Crippen molar-refractivity contribution in [1.29, 1.82) is 0 Å². The van der Waals surface area contributed by atoms with E-state index >= 15 is 0 Å². The Labute approximate surface area is 115 Å². The topological polar surface area (TPSA) is 95.7 Å². The Bertz CT molecular complexity index is 482. The summed E-state index contributed by atoms with van der Waals surface area (Å²) in [6.45, 7) is 2.02. The maximum atomic E-state index is 11.4. The van der Waals surface area contributed by atoms with Crippen molar-refractivity contribution in [3.05, 3.63) is 39.9 Å². The van der Waals surface area contributed by atoms with Crippen LogP contribution in [0.2, 0.25) is 0 Å². The van der Waals surface area contributed by atoms with Gasteiger partial charge in [0, 0.05) is 18.7 Å². The van der Waals surface area contributed by atoms with Gasteiger partial charge in [-0.2, -0.15) is 0 Å². The van der Waals surface area contributed by atoms with Crippen LogP contribution in [0, 0.1) is 10.1 Å². The number of ketones is 1. The van der Waals surface area contributed by atoms with Gasteiger partial charge < -0.3 is 9.47 Å². The number of benzene rings is 1. The molecule has 1 aromatic carbocycles. The molecule has 0 aliphatic carbocycles. The van der Waals surface area contributed by atoms with E-state index in [0.29, 0.717) is 12.2 Å². The molecule has 0 N–H and O–H groups in total. The number of carbonyl (C=O) groups excluding carboxylic acids is 2. The van der Waals surface area contributed by atoms with Crippen LogP contribution in [0.1, 0.15) is 18.9 Å². The van der Waals surface area contributed by atoms with E-state index in [1.807, 2.05) is 0 Å². The molecular weight excluding hydrogens is 266 g/mol. The van der Waals surface area contributed by atoms with Crippen molar-refractivity contribution < 1.29 is 24.0 Å². The summed E-state index contributed by atoms with van der Waals surface area (Å²) in [5, 5.41) is 10.5. The van der Waals surface area contributed by atoms with E-state index in [2.05, 4.69) is 0 Å². The van der Waals surface area contributed by atoms with Crippen LogP contribution in [-0.2, 0) is 25.7 Å². The van der Waals surface area contributed by atoms with Gasteiger partial charge >= 0.3 is 5.97 Å². The molecule has 0 fully saturated rings. The number of carbonyl (C=O) groups is 2. The predicted molar refractivity (Wildman–Crippen MR) is 69.0 cm³/mol. The minimum atomic E-state index is -0.645. The number of hydrogen-bond donors (Lipinski definition) is 0. The SMILES string of the molecule is CCOCC(=O)CC(=O)OCc1ccc([N+](=O)[O-])cc1. The summed E-state index contributed by atoms with van der Waals surface area (Å²) in [5.41, 5.74) is 0.577. The lowest BCUT2D eigenvalue weighted by molar-refractivity contribution is -0.384. The van der Waals surface area contributed by atoms with Crippen molar-refractivity contribution in [3.63, 3.8) is 0 Å². The Balaban J connectivity index is 2.37. The van der Waals surface area contributed by atoms with Crippen LogP contribution >= 0.6 is 0 Å². The zero-order chi connectivity index (χ0) is 15.0. The number of rotatable bonds is 8. The highest BCUT2D eigenvalue weighted by Gasteiger charge is 2.11. The Morgan fingerprint density at radius 1 is 1.25 bits per heavy atom. The average molecular weight is 281 g/mol. The average Bonchev–Trinajstić information content (AvgIpc) is 2.43. The smallest absolute Gasteiger partial charge is 0.313 e. The summed E-state index contributed by atoms with van der Waals surface area (Å²) in [6.07, 6.45) is -0.340. The first-order chi connectivity index (χ1) is 9.52. The van der Waals surface area contributed by atoms with Gasteiger partial charge in [0.05, 0.1) is 4.92 Å². The number of nitrogens with zero attached hydrogens (tertiary/aromatic N) is 1. The number of nitro groups is 1. The van der Waals surface area contributed by atoms with Crippen molar-refractivity contribution in [2.45, 2.75) is 20.0 Å². The minimum absolute atomic E-state index is 0.0290. The first-order valence-electron chi connectivity index (χ1n) is 6.01. The molecule has 0 atom stereocenters. The molecule has 0 bridgehead atoms. The summed E-state index contributed by atoms with van der Waals surface area (Å²) in [4.78, 5) is 32.5.